The lowest BCUT2D eigenvalue weighted by molar-refractivity contribution is -0.0344. The molecule has 1 heterocycles. The van der Waals surface area contributed by atoms with Crippen molar-refractivity contribution in [3.63, 3.8) is 0 Å². The van der Waals surface area contributed by atoms with Gasteiger partial charge in [0.05, 0.1) is 12.1 Å². The molecule has 5 nitrogen and oxygen atoms in total. The Hall–Kier alpha value is -0.810. The first-order valence-corrected chi connectivity index (χ1v) is 7.45. The zero-order valence-corrected chi connectivity index (χ0v) is 13.5. The van der Waals surface area contributed by atoms with E-state index in [2.05, 4.69) is 6.92 Å². The van der Waals surface area contributed by atoms with Crippen molar-refractivity contribution >= 4 is 6.09 Å². The second kappa shape index (κ2) is 7.27. The zero-order chi connectivity index (χ0) is 15.2. The highest BCUT2D eigenvalue weighted by molar-refractivity contribution is 5.68. The Bertz CT molecular complexity index is 313. The molecule has 0 bridgehead atoms. The minimum absolute atomic E-state index is 0.251. The van der Waals surface area contributed by atoms with Gasteiger partial charge in [-0.25, -0.2) is 4.79 Å². The lowest BCUT2D eigenvalue weighted by atomic mass is 10.1. The van der Waals surface area contributed by atoms with Crippen LogP contribution in [0.3, 0.4) is 0 Å². The summed E-state index contributed by atoms with van der Waals surface area (Å²) in [5.74, 6) is 0. The number of amides is 1. The van der Waals surface area contributed by atoms with Gasteiger partial charge in [0.2, 0.25) is 0 Å². The molecule has 1 amide bonds. The second-order valence-corrected chi connectivity index (χ2v) is 6.50. The minimum atomic E-state index is -0.450. The van der Waals surface area contributed by atoms with Crippen LogP contribution in [0.1, 0.15) is 47.5 Å². The van der Waals surface area contributed by atoms with Crippen molar-refractivity contribution in [3.05, 3.63) is 0 Å². The van der Waals surface area contributed by atoms with E-state index in [-0.39, 0.29) is 11.7 Å². The van der Waals surface area contributed by atoms with Crippen LogP contribution in [0.4, 0.5) is 4.79 Å². The summed E-state index contributed by atoms with van der Waals surface area (Å²) < 4.78 is 16.6. The average molecular weight is 287 g/mol. The topological polar surface area (TPSA) is 48.0 Å². The fourth-order valence-corrected chi connectivity index (χ4v) is 2.16. The van der Waals surface area contributed by atoms with Crippen LogP contribution < -0.4 is 0 Å². The van der Waals surface area contributed by atoms with Crippen molar-refractivity contribution in [1.29, 1.82) is 0 Å². The van der Waals surface area contributed by atoms with Crippen molar-refractivity contribution in [2.24, 2.45) is 0 Å². The molecule has 1 atom stereocenters. The van der Waals surface area contributed by atoms with Gasteiger partial charge in [-0.15, -0.1) is 0 Å². The first kappa shape index (κ1) is 17.2. The molecule has 0 aromatic rings. The Morgan fingerprint density at radius 3 is 2.60 bits per heavy atom. The van der Waals surface area contributed by atoms with Gasteiger partial charge in [-0.1, -0.05) is 0 Å². The summed E-state index contributed by atoms with van der Waals surface area (Å²) in [4.78, 5) is 13.7. The summed E-state index contributed by atoms with van der Waals surface area (Å²) in [6.07, 6.45) is 1.48. The van der Waals surface area contributed by atoms with Crippen LogP contribution in [0.5, 0.6) is 0 Å². The number of rotatable bonds is 6. The molecule has 0 saturated carbocycles. The number of carbonyl (C=O) groups is 1. The third-order valence-electron chi connectivity index (χ3n) is 3.18. The Morgan fingerprint density at radius 1 is 1.30 bits per heavy atom. The summed E-state index contributed by atoms with van der Waals surface area (Å²) in [7, 11) is 0. The lowest BCUT2D eigenvalue weighted by Crippen LogP contribution is -2.39. The van der Waals surface area contributed by atoms with Crippen molar-refractivity contribution in [2.45, 2.75) is 58.7 Å². The molecule has 1 rings (SSSR count). The fraction of sp³-hybridized carbons (Fsp3) is 0.933. The molecular formula is C15H29NO4. The van der Waals surface area contributed by atoms with Gasteiger partial charge in [0, 0.05) is 26.4 Å². The highest BCUT2D eigenvalue weighted by Gasteiger charge is 2.38. The van der Waals surface area contributed by atoms with E-state index >= 15 is 0 Å². The number of ether oxygens (including phenoxy) is 3. The quantitative estimate of drug-likeness (QED) is 0.705. The molecule has 0 spiro atoms. The van der Waals surface area contributed by atoms with Gasteiger partial charge in [-0.05, 0) is 47.5 Å². The van der Waals surface area contributed by atoms with E-state index in [4.69, 9.17) is 14.2 Å². The SMILES string of the molecule is CCOCCCOC1(C)CCN(C(=O)OC(C)(C)C)C1. The Labute approximate surface area is 122 Å². The van der Waals surface area contributed by atoms with E-state index < -0.39 is 5.60 Å². The van der Waals surface area contributed by atoms with E-state index in [1.165, 1.54) is 0 Å². The highest BCUT2D eigenvalue weighted by atomic mass is 16.6. The zero-order valence-electron chi connectivity index (χ0n) is 13.5. The first-order valence-electron chi connectivity index (χ1n) is 7.45. The molecule has 1 fully saturated rings. The molecule has 1 unspecified atom stereocenters. The van der Waals surface area contributed by atoms with Gasteiger partial charge in [0.25, 0.3) is 0 Å². The van der Waals surface area contributed by atoms with E-state index in [1.54, 1.807) is 4.90 Å². The molecule has 1 aliphatic rings. The third-order valence-corrected chi connectivity index (χ3v) is 3.18. The normalized spacial score (nSPS) is 23.1. The molecule has 118 valence electrons. The molecule has 0 aromatic heterocycles. The lowest BCUT2D eigenvalue weighted by Gasteiger charge is -2.27. The number of nitrogens with zero attached hydrogens (tertiary/aromatic N) is 1. The smallest absolute Gasteiger partial charge is 0.410 e. The Balaban J connectivity index is 2.31. The van der Waals surface area contributed by atoms with Crippen LogP contribution in [-0.2, 0) is 14.2 Å². The van der Waals surface area contributed by atoms with Crippen LogP contribution in [-0.4, -0.2) is 55.1 Å². The maximum Gasteiger partial charge on any atom is 0.410 e. The van der Waals surface area contributed by atoms with Crippen LogP contribution in [0.2, 0.25) is 0 Å². The summed E-state index contributed by atoms with van der Waals surface area (Å²) in [6.45, 7) is 13.1. The minimum Gasteiger partial charge on any atom is -0.444 e. The molecule has 1 saturated heterocycles. The van der Waals surface area contributed by atoms with Gasteiger partial charge >= 0.3 is 6.09 Å². The third kappa shape index (κ3) is 6.09. The molecule has 0 aromatic carbocycles. The van der Waals surface area contributed by atoms with Crippen LogP contribution in [0.15, 0.2) is 0 Å². The monoisotopic (exact) mass is 287 g/mol. The van der Waals surface area contributed by atoms with Gasteiger partial charge in [0.15, 0.2) is 0 Å². The Morgan fingerprint density at radius 2 is 2.00 bits per heavy atom. The molecule has 1 aliphatic heterocycles. The molecule has 5 heteroatoms. The first-order chi connectivity index (χ1) is 9.26. The maximum absolute atomic E-state index is 12.0. The summed E-state index contributed by atoms with van der Waals surface area (Å²) in [5.41, 5.74) is -0.711. The Kier molecular flexibility index (Phi) is 6.27. The predicted molar refractivity (Wildman–Crippen MR) is 77.9 cm³/mol. The summed E-state index contributed by atoms with van der Waals surface area (Å²) in [6, 6.07) is 0. The van der Waals surface area contributed by atoms with Crippen LogP contribution >= 0.6 is 0 Å². The molecule has 0 radical (unpaired) electrons. The largest absolute Gasteiger partial charge is 0.444 e. The van der Waals surface area contributed by atoms with E-state index in [0.29, 0.717) is 19.7 Å². The van der Waals surface area contributed by atoms with E-state index in [1.807, 2.05) is 27.7 Å². The molecule has 20 heavy (non-hydrogen) atoms. The highest BCUT2D eigenvalue weighted by Crippen LogP contribution is 2.26. The summed E-state index contributed by atoms with van der Waals surface area (Å²) in [5, 5.41) is 0. The van der Waals surface area contributed by atoms with E-state index in [9.17, 15) is 4.79 Å². The van der Waals surface area contributed by atoms with Gasteiger partial charge < -0.3 is 19.1 Å². The van der Waals surface area contributed by atoms with Crippen molar-refractivity contribution < 1.29 is 19.0 Å². The average Bonchev–Trinajstić information content (AvgIpc) is 2.70. The number of hydrogen-bond donors (Lipinski definition) is 0. The number of likely N-dealkylation sites (tertiary alicyclic amines) is 1. The molecule has 0 N–H and O–H groups in total. The van der Waals surface area contributed by atoms with Crippen LogP contribution in [0.25, 0.3) is 0 Å². The molecule has 0 aliphatic carbocycles. The van der Waals surface area contributed by atoms with Crippen molar-refractivity contribution in [3.8, 4) is 0 Å². The number of hydrogen-bond acceptors (Lipinski definition) is 4. The van der Waals surface area contributed by atoms with Gasteiger partial charge in [-0.2, -0.15) is 0 Å². The summed E-state index contributed by atoms with van der Waals surface area (Å²) >= 11 is 0. The van der Waals surface area contributed by atoms with Crippen molar-refractivity contribution in [1.82, 2.24) is 4.90 Å². The number of carbonyl (C=O) groups excluding carboxylic acids is 1. The van der Waals surface area contributed by atoms with Crippen LogP contribution in [0, 0.1) is 0 Å². The fourth-order valence-electron chi connectivity index (χ4n) is 2.16. The standard InChI is InChI=1S/C15H29NO4/c1-6-18-10-7-11-19-15(5)8-9-16(12-15)13(17)20-14(2,3)4/h6-12H2,1-5H3. The molecular weight excluding hydrogens is 258 g/mol. The second-order valence-electron chi connectivity index (χ2n) is 6.50. The van der Waals surface area contributed by atoms with Gasteiger partial charge in [0.1, 0.15) is 5.60 Å². The van der Waals surface area contributed by atoms with Crippen molar-refractivity contribution in [2.75, 3.05) is 32.9 Å². The van der Waals surface area contributed by atoms with Gasteiger partial charge in [-0.3, -0.25) is 0 Å². The predicted octanol–water partition coefficient (Wildman–Crippen LogP) is 2.83. The maximum atomic E-state index is 12.0. The van der Waals surface area contributed by atoms with E-state index in [0.717, 1.165) is 26.1 Å².